The molecular formula is C12H11ClF2N2O. The summed E-state index contributed by atoms with van der Waals surface area (Å²) in [6, 6.07) is 7.15. The molecule has 0 aliphatic rings. The maximum atomic E-state index is 12.8. The summed E-state index contributed by atoms with van der Waals surface area (Å²) in [5, 5.41) is 12.9. The molecule has 0 saturated heterocycles. The molecule has 1 aromatic heterocycles. The van der Waals surface area contributed by atoms with Crippen molar-refractivity contribution < 1.29 is 13.9 Å². The number of aromatic nitrogens is 2. The number of benzene rings is 1. The fourth-order valence-corrected chi connectivity index (χ4v) is 2.01. The topological polar surface area (TPSA) is 38.0 Å². The van der Waals surface area contributed by atoms with Gasteiger partial charge in [-0.25, -0.2) is 13.5 Å². The zero-order valence-corrected chi connectivity index (χ0v) is 10.3. The average Bonchev–Trinajstić information content (AvgIpc) is 2.67. The minimum atomic E-state index is -2.77. The van der Waals surface area contributed by atoms with E-state index in [2.05, 4.69) is 5.10 Å². The number of aliphatic hydroxyl groups is 1. The van der Waals surface area contributed by atoms with Gasteiger partial charge in [-0.05, 0) is 18.6 Å². The molecule has 0 unspecified atom stereocenters. The summed E-state index contributed by atoms with van der Waals surface area (Å²) in [5.41, 5.74) is 0.956. The van der Waals surface area contributed by atoms with Crippen LogP contribution in [-0.2, 0) is 6.61 Å². The number of rotatable bonds is 3. The van der Waals surface area contributed by atoms with Crippen molar-refractivity contribution in [2.45, 2.75) is 20.0 Å². The van der Waals surface area contributed by atoms with Crippen LogP contribution in [0.2, 0.25) is 5.15 Å². The van der Waals surface area contributed by atoms with Crippen molar-refractivity contribution in [1.82, 2.24) is 9.78 Å². The Kier molecular flexibility index (Phi) is 3.63. The van der Waals surface area contributed by atoms with E-state index < -0.39 is 18.7 Å². The van der Waals surface area contributed by atoms with Gasteiger partial charge in [0.2, 0.25) is 0 Å². The van der Waals surface area contributed by atoms with Crippen LogP contribution in [0.1, 0.15) is 23.2 Å². The van der Waals surface area contributed by atoms with Crippen LogP contribution in [0.5, 0.6) is 0 Å². The van der Waals surface area contributed by atoms with E-state index >= 15 is 0 Å². The van der Waals surface area contributed by atoms with Gasteiger partial charge in [-0.2, -0.15) is 5.10 Å². The fourth-order valence-electron chi connectivity index (χ4n) is 1.73. The highest BCUT2D eigenvalue weighted by Gasteiger charge is 2.23. The number of hydrogen-bond donors (Lipinski definition) is 1. The van der Waals surface area contributed by atoms with Gasteiger partial charge in [-0.1, -0.05) is 29.8 Å². The Balaban J connectivity index is 2.63. The Morgan fingerprint density at radius 3 is 2.56 bits per heavy atom. The first-order valence-corrected chi connectivity index (χ1v) is 5.66. The van der Waals surface area contributed by atoms with E-state index in [4.69, 9.17) is 16.7 Å². The molecule has 2 aromatic rings. The normalized spacial score (nSPS) is 11.2. The smallest absolute Gasteiger partial charge is 0.282 e. The minimum absolute atomic E-state index is 0.0158. The lowest BCUT2D eigenvalue weighted by molar-refractivity contribution is 0.141. The Morgan fingerprint density at radius 1 is 1.39 bits per heavy atom. The van der Waals surface area contributed by atoms with Gasteiger partial charge >= 0.3 is 0 Å². The van der Waals surface area contributed by atoms with E-state index in [0.29, 0.717) is 5.69 Å². The van der Waals surface area contributed by atoms with Gasteiger partial charge in [0.25, 0.3) is 6.43 Å². The third-order valence-electron chi connectivity index (χ3n) is 2.66. The van der Waals surface area contributed by atoms with Crippen molar-refractivity contribution >= 4 is 11.6 Å². The fraction of sp³-hybridized carbons (Fsp3) is 0.250. The molecule has 1 N–H and O–H groups in total. The van der Waals surface area contributed by atoms with Gasteiger partial charge in [-0.3, -0.25) is 0 Å². The summed E-state index contributed by atoms with van der Waals surface area (Å²) in [6.45, 7) is 1.26. The summed E-state index contributed by atoms with van der Waals surface area (Å²) in [4.78, 5) is 0. The molecule has 18 heavy (non-hydrogen) atoms. The summed E-state index contributed by atoms with van der Waals surface area (Å²) < 4.78 is 26.8. The second-order valence-corrected chi connectivity index (χ2v) is 4.17. The van der Waals surface area contributed by atoms with Crippen LogP contribution in [0.25, 0.3) is 5.69 Å². The van der Waals surface area contributed by atoms with Gasteiger partial charge < -0.3 is 5.11 Å². The predicted octanol–water partition coefficient (Wildman–Crippen LogP) is 3.26. The van der Waals surface area contributed by atoms with Gasteiger partial charge in [0.05, 0.1) is 12.3 Å². The maximum Gasteiger partial charge on any atom is 0.282 e. The second-order valence-electron chi connectivity index (χ2n) is 3.81. The van der Waals surface area contributed by atoms with Gasteiger partial charge in [0.1, 0.15) is 10.8 Å². The summed E-state index contributed by atoms with van der Waals surface area (Å²) in [7, 11) is 0. The Morgan fingerprint density at radius 2 is 2.06 bits per heavy atom. The monoisotopic (exact) mass is 272 g/mol. The molecule has 96 valence electrons. The average molecular weight is 273 g/mol. The van der Waals surface area contributed by atoms with E-state index in [-0.39, 0.29) is 10.7 Å². The second kappa shape index (κ2) is 5.04. The molecule has 3 nitrogen and oxygen atoms in total. The molecule has 1 aromatic carbocycles. The Labute approximate surface area is 108 Å². The van der Waals surface area contributed by atoms with Gasteiger partial charge in [0.15, 0.2) is 0 Å². The van der Waals surface area contributed by atoms with Crippen LogP contribution >= 0.6 is 11.6 Å². The van der Waals surface area contributed by atoms with Crippen LogP contribution in [-0.4, -0.2) is 14.9 Å². The van der Waals surface area contributed by atoms with Crippen molar-refractivity contribution in [2.75, 3.05) is 0 Å². The molecule has 0 fully saturated rings. The van der Waals surface area contributed by atoms with Crippen molar-refractivity contribution in [1.29, 1.82) is 0 Å². The molecule has 0 bridgehead atoms. The number of halogens is 3. The summed E-state index contributed by atoms with van der Waals surface area (Å²) in [6.07, 6.45) is -2.77. The quantitative estimate of drug-likeness (QED) is 0.931. The van der Waals surface area contributed by atoms with Gasteiger partial charge in [-0.15, -0.1) is 0 Å². The third kappa shape index (κ3) is 2.11. The summed E-state index contributed by atoms with van der Waals surface area (Å²) >= 11 is 5.99. The van der Waals surface area contributed by atoms with E-state index in [0.717, 1.165) is 5.56 Å². The molecule has 0 aliphatic carbocycles. The lowest BCUT2D eigenvalue weighted by Gasteiger charge is -2.06. The lowest BCUT2D eigenvalue weighted by Crippen LogP contribution is -1.99. The zero-order valence-electron chi connectivity index (χ0n) is 9.57. The number of aryl methyl sites for hydroxylation is 1. The zero-order chi connectivity index (χ0) is 13.3. The van der Waals surface area contributed by atoms with E-state index in [1.807, 2.05) is 19.1 Å². The van der Waals surface area contributed by atoms with Crippen LogP contribution in [0.15, 0.2) is 24.3 Å². The molecule has 0 aliphatic heterocycles. The van der Waals surface area contributed by atoms with Crippen LogP contribution in [0.4, 0.5) is 8.78 Å². The molecule has 0 saturated carbocycles. The number of para-hydroxylation sites is 1. The minimum Gasteiger partial charge on any atom is -0.391 e. The largest absolute Gasteiger partial charge is 0.391 e. The van der Waals surface area contributed by atoms with Crippen molar-refractivity contribution in [3.63, 3.8) is 0 Å². The first-order valence-electron chi connectivity index (χ1n) is 5.28. The molecule has 0 atom stereocenters. The van der Waals surface area contributed by atoms with Crippen molar-refractivity contribution in [3.8, 4) is 5.69 Å². The van der Waals surface area contributed by atoms with Crippen LogP contribution < -0.4 is 0 Å². The van der Waals surface area contributed by atoms with Crippen LogP contribution in [0.3, 0.4) is 0 Å². The third-order valence-corrected chi connectivity index (χ3v) is 3.05. The van der Waals surface area contributed by atoms with Gasteiger partial charge in [0, 0.05) is 5.56 Å². The number of aliphatic hydroxyl groups excluding tert-OH is 1. The molecular weight excluding hydrogens is 262 g/mol. The SMILES string of the molecule is Cc1ccccc1-n1nc(C(F)F)c(CO)c1Cl. The first kappa shape index (κ1) is 13.0. The van der Waals surface area contributed by atoms with Crippen LogP contribution in [0, 0.1) is 6.92 Å². The standard InChI is InChI=1S/C12H11ClF2N2O/c1-7-4-2-3-5-9(7)17-11(13)8(6-18)10(16-17)12(14)15/h2-5,12,18H,6H2,1H3. The summed E-state index contributed by atoms with van der Waals surface area (Å²) in [5.74, 6) is 0. The lowest BCUT2D eigenvalue weighted by atomic mass is 10.2. The van der Waals surface area contributed by atoms with E-state index in [9.17, 15) is 8.78 Å². The maximum absolute atomic E-state index is 12.8. The van der Waals surface area contributed by atoms with Crippen molar-refractivity contribution in [3.05, 3.63) is 46.2 Å². The van der Waals surface area contributed by atoms with Crippen molar-refractivity contribution in [2.24, 2.45) is 0 Å². The molecule has 0 amide bonds. The molecule has 0 spiro atoms. The van der Waals surface area contributed by atoms with E-state index in [1.54, 1.807) is 12.1 Å². The highest BCUT2D eigenvalue weighted by Crippen LogP contribution is 2.30. The number of hydrogen-bond acceptors (Lipinski definition) is 2. The molecule has 6 heteroatoms. The van der Waals surface area contributed by atoms with E-state index in [1.165, 1.54) is 4.68 Å². The predicted molar refractivity (Wildman–Crippen MR) is 64.2 cm³/mol. The highest BCUT2D eigenvalue weighted by molar-refractivity contribution is 6.30. The Bertz CT molecular complexity index is 569. The number of nitrogens with zero attached hydrogens (tertiary/aromatic N) is 2. The molecule has 0 radical (unpaired) electrons. The molecule has 2 rings (SSSR count). The number of alkyl halides is 2. The first-order chi connectivity index (χ1) is 8.56. The highest BCUT2D eigenvalue weighted by atomic mass is 35.5. The molecule has 1 heterocycles. The Hall–Kier alpha value is -1.46.